The van der Waals surface area contributed by atoms with Gasteiger partial charge in [0.2, 0.25) is 16.8 Å². The lowest BCUT2D eigenvalue weighted by molar-refractivity contribution is -0.119. The number of alkyl halides is 1. The van der Waals surface area contributed by atoms with E-state index in [4.69, 9.17) is 26.8 Å². The molecule has 0 aliphatic heterocycles. The molecule has 38 heavy (non-hydrogen) atoms. The van der Waals surface area contributed by atoms with Crippen LogP contribution in [0.15, 0.2) is 95.6 Å². The Hall–Kier alpha value is -3.39. The molecule has 1 aromatic heterocycles. The van der Waals surface area contributed by atoms with E-state index < -0.39 is 5.06 Å². The molecule has 1 amide bonds. The summed E-state index contributed by atoms with van der Waals surface area (Å²) >= 11 is 10.9. The standard InChI is InChI=1S/C30H29BrClN3O3/c1-21(36)34-17-15-30(32,38-25-12-5-8-22(18-25)19-33)27-14-7-16-35-29(27)37-20-24-11-6-13-26(28(24)31)23-9-3-2-4-10-23/h2-14,16,18H,15,17,19-20,33H2,1H3,(H,34,36). The molecule has 1 unspecified atom stereocenters. The first-order valence-electron chi connectivity index (χ1n) is 12.2. The molecule has 1 heterocycles. The van der Waals surface area contributed by atoms with Gasteiger partial charge >= 0.3 is 0 Å². The monoisotopic (exact) mass is 593 g/mol. The number of carbonyl (C=O) groups is 1. The van der Waals surface area contributed by atoms with Crippen LogP contribution in [0.3, 0.4) is 0 Å². The Bertz CT molecular complexity index is 1390. The molecule has 0 radical (unpaired) electrons. The van der Waals surface area contributed by atoms with Crippen molar-refractivity contribution in [2.75, 3.05) is 6.54 Å². The topological polar surface area (TPSA) is 86.5 Å². The smallest absolute Gasteiger partial charge is 0.222 e. The molecule has 0 saturated heterocycles. The summed E-state index contributed by atoms with van der Waals surface area (Å²) < 4.78 is 13.5. The summed E-state index contributed by atoms with van der Waals surface area (Å²) in [5.74, 6) is 0.746. The molecular formula is C30H29BrClN3O3. The van der Waals surface area contributed by atoms with E-state index >= 15 is 0 Å². The summed E-state index contributed by atoms with van der Waals surface area (Å²) in [6.07, 6.45) is 1.92. The zero-order valence-electron chi connectivity index (χ0n) is 21.0. The third-order valence-electron chi connectivity index (χ3n) is 5.94. The van der Waals surface area contributed by atoms with Crippen molar-refractivity contribution in [3.63, 3.8) is 0 Å². The normalized spacial score (nSPS) is 12.4. The first-order valence-corrected chi connectivity index (χ1v) is 13.4. The van der Waals surface area contributed by atoms with Crippen molar-refractivity contribution in [2.45, 2.75) is 31.6 Å². The van der Waals surface area contributed by atoms with Gasteiger partial charge in [0.25, 0.3) is 0 Å². The van der Waals surface area contributed by atoms with Crippen molar-refractivity contribution >= 4 is 33.4 Å². The summed E-state index contributed by atoms with van der Waals surface area (Å²) in [6.45, 7) is 2.39. The SMILES string of the molecule is CC(=O)NCCC(Cl)(Oc1cccc(CN)c1)c1cccnc1OCc1cccc(-c2ccccc2)c1Br. The second-order valence-corrected chi connectivity index (χ2v) is 10.1. The van der Waals surface area contributed by atoms with Crippen LogP contribution in [0.4, 0.5) is 0 Å². The van der Waals surface area contributed by atoms with Gasteiger partial charge in [-0.3, -0.25) is 4.79 Å². The Kier molecular flexibility index (Phi) is 9.39. The average Bonchev–Trinajstić information content (AvgIpc) is 2.93. The van der Waals surface area contributed by atoms with Crippen molar-refractivity contribution in [1.29, 1.82) is 0 Å². The van der Waals surface area contributed by atoms with E-state index in [-0.39, 0.29) is 18.9 Å². The van der Waals surface area contributed by atoms with E-state index in [9.17, 15) is 4.79 Å². The number of rotatable bonds is 11. The zero-order valence-corrected chi connectivity index (χ0v) is 23.3. The summed E-state index contributed by atoms with van der Waals surface area (Å²) in [4.78, 5) is 16.0. The first-order chi connectivity index (χ1) is 18.4. The van der Waals surface area contributed by atoms with Crippen LogP contribution < -0.4 is 20.5 Å². The number of nitrogens with one attached hydrogen (secondary N) is 1. The van der Waals surface area contributed by atoms with E-state index in [2.05, 4.69) is 44.4 Å². The van der Waals surface area contributed by atoms with E-state index in [0.717, 1.165) is 26.7 Å². The Morgan fingerprint density at radius 3 is 2.61 bits per heavy atom. The molecule has 196 valence electrons. The number of benzene rings is 3. The van der Waals surface area contributed by atoms with Gasteiger partial charge in [-0.2, -0.15) is 0 Å². The molecule has 0 aliphatic rings. The van der Waals surface area contributed by atoms with Gasteiger partial charge in [0.05, 0.1) is 5.56 Å². The molecule has 0 saturated carbocycles. The fourth-order valence-corrected chi connectivity index (χ4v) is 4.97. The quantitative estimate of drug-likeness (QED) is 0.193. The Balaban J connectivity index is 1.62. The van der Waals surface area contributed by atoms with E-state index in [0.29, 0.717) is 30.3 Å². The number of nitrogens with two attached hydrogens (primary N) is 1. The van der Waals surface area contributed by atoms with Crippen LogP contribution in [0.1, 0.15) is 30.0 Å². The highest BCUT2D eigenvalue weighted by Crippen LogP contribution is 2.40. The molecule has 8 heteroatoms. The van der Waals surface area contributed by atoms with Crippen LogP contribution >= 0.6 is 27.5 Å². The molecule has 0 bridgehead atoms. The second-order valence-electron chi connectivity index (χ2n) is 8.70. The van der Waals surface area contributed by atoms with Gasteiger partial charge in [0, 0.05) is 42.7 Å². The number of halogens is 2. The van der Waals surface area contributed by atoms with Crippen molar-refractivity contribution in [3.05, 3.63) is 112 Å². The van der Waals surface area contributed by atoms with Crippen LogP contribution in [0.25, 0.3) is 11.1 Å². The van der Waals surface area contributed by atoms with E-state index in [1.165, 1.54) is 6.92 Å². The van der Waals surface area contributed by atoms with Crippen LogP contribution in [0, 0.1) is 0 Å². The van der Waals surface area contributed by atoms with Crippen LogP contribution in [0.2, 0.25) is 0 Å². The fourth-order valence-electron chi connectivity index (χ4n) is 4.03. The molecule has 3 N–H and O–H groups in total. The van der Waals surface area contributed by atoms with Gasteiger partial charge in [0.15, 0.2) is 0 Å². The first kappa shape index (κ1) is 27.6. The fraction of sp³-hybridized carbons (Fsp3) is 0.200. The van der Waals surface area contributed by atoms with Gasteiger partial charge in [-0.15, -0.1) is 0 Å². The minimum absolute atomic E-state index is 0.153. The summed E-state index contributed by atoms with van der Waals surface area (Å²) in [7, 11) is 0. The number of hydrogen-bond donors (Lipinski definition) is 2. The third-order valence-corrected chi connectivity index (χ3v) is 7.34. The molecule has 0 spiro atoms. The van der Waals surface area contributed by atoms with Crippen molar-refractivity contribution in [1.82, 2.24) is 10.3 Å². The number of ether oxygens (including phenoxy) is 2. The number of nitrogens with zero attached hydrogens (tertiary/aromatic N) is 1. The minimum atomic E-state index is -1.36. The van der Waals surface area contributed by atoms with Gasteiger partial charge in [-0.05, 0) is 56.9 Å². The highest BCUT2D eigenvalue weighted by molar-refractivity contribution is 9.10. The lowest BCUT2D eigenvalue weighted by Crippen LogP contribution is -2.33. The molecular weight excluding hydrogens is 566 g/mol. The predicted octanol–water partition coefficient (Wildman–Crippen LogP) is 6.55. The highest BCUT2D eigenvalue weighted by atomic mass is 79.9. The van der Waals surface area contributed by atoms with Crippen molar-refractivity contribution in [3.8, 4) is 22.8 Å². The molecule has 1 atom stereocenters. The van der Waals surface area contributed by atoms with Gasteiger partial charge < -0.3 is 20.5 Å². The molecule has 4 rings (SSSR count). The third kappa shape index (κ3) is 6.92. The number of aromatic nitrogens is 1. The maximum Gasteiger partial charge on any atom is 0.222 e. The number of hydrogen-bond acceptors (Lipinski definition) is 5. The summed E-state index contributed by atoms with van der Waals surface area (Å²) in [5, 5.41) is 1.44. The number of amides is 1. The summed E-state index contributed by atoms with van der Waals surface area (Å²) in [6, 6.07) is 27.2. The lowest BCUT2D eigenvalue weighted by atomic mass is 10.0. The Morgan fingerprint density at radius 1 is 1.05 bits per heavy atom. The molecule has 0 fully saturated rings. The van der Waals surface area contributed by atoms with Gasteiger partial charge in [-0.1, -0.05) is 72.3 Å². The predicted molar refractivity (Wildman–Crippen MR) is 154 cm³/mol. The number of carbonyl (C=O) groups excluding carboxylic acids is 1. The molecule has 4 aromatic rings. The van der Waals surface area contributed by atoms with E-state index in [1.54, 1.807) is 12.3 Å². The molecule has 6 nitrogen and oxygen atoms in total. The lowest BCUT2D eigenvalue weighted by Gasteiger charge is -2.30. The second kappa shape index (κ2) is 12.9. The molecule has 0 aliphatic carbocycles. The van der Waals surface area contributed by atoms with Gasteiger partial charge in [0.1, 0.15) is 12.4 Å². The largest absolute Gasteiger partial charge is 0.472 e. The summed E-state index contributed by atoms with van der Waals surface area (Å²) in [5.41, 5.74) is 10.4. The Morgan fingerprint density at radius 2 is 1.84 bits per heavy atom. The zero-order chi connectivity index (χ0) is 27.0. The van der Waals surface area contributed by atoms with Crippen molar-refractivity contribution < 1.29 is 14.3 Å². The maximum atomic E-state index is 11.5. The van der Waals surface area contributed by atoms with E-state index in [1.807, 2.05) is 60.7 Å². The van der Waals surface area contributed by atoms with Crippen LogP contribution in [-0.2, 0) is 23.0 Å². The average molecular weight is 595 g/mol. The van der Waals surface area contributed by atoms with Crippen LogP contribution in [-0.4, -0.2) is 17.4 Å². The van der Waals surface area contributed by atoms with Crippen LogP contribution in [0.5, 0.6) is 11.6 Å². The van der Waals surface area contributed by atoms with Gasteiger partial charge in [-0.25, -0.2) is 4.98 Å². The van der Waals surface area contributed by atoms with Crippen molar-refractivity contribution in [2.24, 2.45) is 5.73 Å². The number of pyridine rings is 1. The Labute approximate surface area is 236 Å². The maximum absolute atomic E-state index is 11.5. The minimum Gasteiger partial charge on any atom is -0.472 e. The highest BCUT2D eigenvalue weighted by Gasteiger charge is 2.36. The molecule has 3 aromatic carbocycles.